The Hall–Kier alpha value is -1.46. The van der Waals surface area contributed by atoms with Crippen molar-refractivity contribution in [2.45, 2.75) is 6.54 Å². The zero-order valence-corrected chi connectivity index (χ0v) is 7.28. The van der Waals surface area contributed by atoms with Gasteiger partial charge in [0.15, 0.2) is 0 Å². The quantitative estimate of drug-likeness (QED) is 0.384. The molecule has 0 spiro atoms. The van der Waals surface area contributed by atoms with Crippen LogP contribution in [0.3, 0.4) is 0 Å². The molecular weight excluding hydrogens is 170 g/mol. The molecule has 0 aliphatic rings. The van der Waals surface area contributed by atoms with E-state index in [1.54, 1.807) is 12.1 Å². The third-order valence-electron chi connectivity index (χ3n) is 1.53. The summed E-state index contributed by atoms with van der Waals surface area (Å²) < 4.78 is 4.52. The highest BCUT2D eigenvalue weighted by atomic mass is 16.5. The highest BCUT2D eigenvalue weighted by Crippen LogP contribution is 2.01. The number of methoxy groups -OCH3 is 1. The summed E-state index contributed by atoms with van der Waals surface area (Å²) >= 11 is 0. The van der Waals surface area contributed by atoms with Gasteiger partial charge in [0.1, 0.15) is 0 Å². The third-order valence-corrected chi connectivity index (χ3v) is 1.53. The maximum atomic E-state index is 11.0. The molecule has 70 valence electrons. The van der Waals surface area contributed by atoms with Gasteiger partial charge in [0.25, 0.3) is 0 Å². The molecule has 1 aromatic heterocycles. The number of nitrogens with zero attached hydrogens (tertiary/aromatic N) is 1. The van der Waals surface area contributed by atoms with Gasteiger partial charge in [-0.2, -0.15) is 0 Å². The van der Waals surface area contributed by atoms with Crippen molar-refractivity contribution < 1.29 is 9.53 Å². The minimum Gasteiger partial charge on any atom is -0.465 e. The minimum atomic E-state index is -0.389. The number of hydrogen-bond donors (Lipinski definition) is 2. The van der Waals surface area contributed by atoms with E-state index in [1.165, 1.54) is 13.3 Å². The molecular formula is C8H11N3O2. The Balaban J connectivity index is 2.75. The highest BCUT2D eigenvalue weighted by molar-refractivity contribution is 5.88. The van der Waals surface area contributed by atoms with Crippen LogP contribution in [0.2, 0.25) is 0 Å². The van der Waals surface area contributed by atoms with Gasteiger partial charge in [0.05, 0.1) is 24.9 Å². The Morgan fingerprint density at radius 1 is 1.69 bits per heavy atom. The Kier molecular flexibility index (Phi) is 3.36. The van der Waals surface area contributed by atoms with Crippen LogP contribution in [0, 0.1) is 0 Å². The van der Waals surface area contributed by atoms with Crippen molar-refractivity contribution in [3.05, 3.63) is 29.6 Å². The highest BCUT2D eigenvalue weighted by Gasteiger charge is 2.04. The van der Waals surface area contributed by atoms with Crippen molar-refractivity contribution in [2.24, 2.45) is 5.84 Å². The van der Waals surface area contributed by atoms with Gasteiger partial charge in [0.2, 0.25) is 0 Å². The fourth-order valence-electron chi connectivity index (χ4n) is 0.872. The van der Waals surface area contributed by atoms with Gasteiger partial charge in [0, 0.05) is 6.20 Å². The fraction of sp³-hybridized carbons (Fsp3) is 0.250. The standard InChI is InChI=1S/C8H11N3O2/c1-13-8(12)6-2-3-7(5-11-9)10-4-6/h2-4,11H,5,9H2,1H3. The second-order valence-electron chi connectivity index (χ2n) is 2.41. The van der Waals surface area contributed by atoms with Crippen LogP contribution >= 0.6 is 0 Å². The van der Waals surface area contributed by atoms with E-state index in [9.17, 15) is 4.79 Å². The van der Waals surface area contributed by atoms with E-state index in [0.717, 1.165) is 5.69 Å². The van der Waals surface area contributed by atoms with Crippen molar-refractivity contribution in [2.75, 3.05) is 7.11 Å². The molecule has 0 unspecified atom stereocenters. The first kappa shape index (κ1) is 9.63. The SMILES string of the molecule is COC(=O)c1ccc(CNN)nc1. The molecule has 0 aliphatic carbocycles. The summed E-state index contributed by atoms with van der Waals surface area (Å²) in [5.74, 6) is 4.71. The molecule has 0 bridgehead atoms. The van der Waals surface area contributed by atoms with Crippen LogP contribution in [0.4, 0.5) is 0 Å². The average molecular weight is 181 g/mol. The summed E-state index contributed by atoms with van der Waals surface area (Å²) in [6.07, 6.45) is 1.46. The zero-order valence-electron chi connectivity index (χ0n) is 7.28. The third kappa shape index (κ3) is 2.50. The Labute approximate surface area is 75.9 Å². The molecule has 13 heavy (non-hydrogen) atoms. The summed E-state index contributed by atoms with van der Waals surface area (Å²) in [5.41, 5.74) is 3.67. The summed E-state index contributed by atoms with van der Waals surface area (Å²) in [6.45, 7) is 0.474. The average Bonchev–Trinajstić information content (AvgIpc) is 2.18. The van der Waals surface area contributed by atoms with Crippen molar-refractivity contribution in [3.63, 3.8) is 0 Å². The van der Waals surface area contributed by atoms with E-state index in [-0.39, 0.29) is 5.97 Å². The number of aromatic nitrogens is 1. The molecule has 0 atom stereocenters. The molecule has 3 N–H and O–H groups in total. The second kappa shape index (κ2) is 4.54. The van der Waals surface area contributed by atoms with Crippen LogP contribution in [0.25, 0.3) is 0 Å². The number of rotatable bonds is 3. The van der Waals surface area contributed by atoms with E-state index in [4.69, 9.17) is 5.84 Å². The number of nitrogens with two attached hydrogens (primary N) is 1. The van der Waals surface area contributed by atoms with Gasteiger partial charge in [-0.3, -0.25) is 16.3 Å². The van der Waals surface area contributed by atoms with E-state index < -0.39 is 0 Å². The molecule has 1 rings (SSSR count). The molecule has 0 aliphatic heterocycles. The number of ether oxygens (including phenoxy) is 1. The van der Waals surface area contributed by atoms with E-state index in [1.807, 2.05) is 0 Å². The lowest BCUT2D eigenvalue weighted by molar-refractivity contribution is 0.0600. The van der Waals surface area contributed by atoms with Crippen LogP contribution in [0.1, 0.15) is 16.1 Å². The fourth-order valence-corrected chi connectivity index (χ4v) is 0.872. The number of hydrazine groups is 1. The second-order valence-corrected chi connectivity index (χ2v) is 2.41. The first-order valence-electron chi connectivity index (χ1n) is 3.74. The Morgan fingerprint density at radius 2 is 2.46 bits per heavy atom. The predicted octanol–water partition coefficient (Wildman–Crippen LogP) is -0.169. The number of esters is 1. The molecule has 0 radical (unpaired) electrons. The monoisotopic (exact) mass is 181 g/mol. The lowest BCUT2D eigenvalue weighted by atomic mass is 10.2. The van der Waals surface area contributed by atoms with Crippen LogP contribution in [-0.2, 0) is 11.3 Å². The van der Waals surface area contributed by atoms with Crippen molar-refractivity contribution in [1.82, 2.24) is 10.4 Å². The van der Waals surface area contributed by atoms with Crippen LogP contribution in [0.15, 0.2) is 18.3 Å². The predicted molar refractivity (Wildman–Crippen MR) is 46.6 cm³/mol. The van der Waals surface area contributed by atoms with Gasteiger partial charge < -0.3 is 4.74 Å². The summed E-state index contributed by atoms with van der Waals surface area (Å²) in [6, 6.07) is 3.36. The minimum absolute atomic E-state index is 0.389. The molecule has 0 fully saturated rings. The van der Waals surface area contributed by atoms with Crippen molar-refractivity contribution >= 4 is 5.97 Å². The molecule has 1 heterocycles. The zero-order chi connectivity index (χ0) is 9.68. The summed E-state index contributed by atoms with van der Waals surface area (Å²) in [5, 5.41) is 0. The Morgan fingerprint density at radius 3 is 2.92 bits per heavy atom. The van der Waals surface area contributed by atoms with Gasteiger partial charge in [-0.25, -0.2) is 4.79 Å². The van der Waals surface area contributed by atoms with E-state index in [0.29, 0.717) is 12.1 Å². The van der Waals surface area contributed by atoms with Gasteiger partial charge in [-0.05, 0) is 12.1 Å². The summed E-state index contributed by atoms with van der Waals surface area (Å²) in [4.78, 5) is 15.0. The lowest BCUT2D eigenvalue weighted by Gasteiger charge is -2.00. The first-order valence-corrected chi connectivity index (χ1v) is 3.74. The molecule has 0 saturated heterocycles. The van der Waals surface area contributed by atoms with Gasteiger partial charge >= 0.3 is 5.97 Å². The van der Waals surface area contributed by atoms with Gasteiger partial charge in [-0.15, -0.1) is 0 Å². The smallest absolute Gasteiger partial charge is 0.339 e. The normalized spacial score (nSPS) is 9.69. The van der Waals surface area contributed by atoms with Crippen LogP contribution in [-0.4, -0.2) is 18.1 Å². The number of hydrogen-bond acceptors (Lipinski definition) is 5. The molecule has 0 amide bonds. The van der Waals surface area contributed by atoms with E-state index in [2.05, 4.69) is 15.1 Å². The first-order chi connectivity index (χ1) is 6.27. The van der Waals surface area contributed by atoms with Crippen LogP contribution in [0.5, 0.6) is 0 Å². The number of carbonyl (C=O) groups is 1. The molecule has 5 heteroatoms. The van der Waals surface area contributed by atoms with Crippen molar-refractivity contribution in [1.29, 1.82) is 0 Å². The van der Waals surface area contributed by atoms with Crippen molar-refractivity contribution in [3.8, 4) is 0 Å². The van der Waals surface area contributed by atoms with E-state index >= 15 is 0 Å². The topological polar surface area (TPSA) is 77.2 Å². The number of carbonyl (C=O) groups excluding carboxylic acids is 1. The molecule has 1 aromatic rings. The molecule has 0 saturated carbocycles. The Bertz CT molecular complexity index is 284. The lowest BCUT2D eigenvalue weighted by Crippen LogP contribution is -2.21. The molecule has 0 aromatic carbocycles. The summed E-state index contributed by atoms with van der Waals surface area (Å²) in [7, 11) is 1.33. The van der Waals surface area contributed by atoms with Crippen LogP contribution < -0.4 is 11.3 Å². The maximum absolute atomic E-state index is 11.0. The maximum Gasteiger partial charge on any atom is 0.339 e. The number of pyridine rings is 1. The largest absolute Gasteiger partial charge is 0.465 e. The number of nitrogens with one attached hydrogen (secondary N) is 1. The molecule has 5 nitrogen and oxygen atoms in total. The van der Waals surface area contributed by atoms with Gasteiger partial charge in [-0.1, -0.05) is 0 Å².